The molecule has 2 amide bonds. The minimum Gasteiger partial charge on any atom is -0.459 e. The van der Waals surface area contributed by atoms with Gasteiger partial charge in [0.2, 0.25) is 0 Å². The molecule has 7 heteroatoms. The molecular formula is C23H25ClN4O2. The topological polar surface area (TPSA) is 70.4 Å². The molecule has 1 saturated carbocycles. The van der Waals surface area contributed by atoms with Gasteiger partial charge >= 0.3 is 6.03 Å². The molecule has 0 saturated heterocycles. The molecule has 1 aliphatic heterocycles. The summed E-state index contributed by atoms with van der Waals surface area (Å²) in [4.78, 5) is 19.0. The van der Waals surface area contributed by atoms with Gasteiger partial charge in [-0.25, -0.2) is 4.79 Å². The van der Waals surface area contributed by atoms with E-state index in [1.165, 1.54) is 6.42 Å². The predicted octanol–water partition coefficient (Wildman–Crippen LogP) is 5.41. The summed E-state index contributed by atoms with van der Waals surface area (Å²) in [6.07, 6.45) is 6.95. The SMILES string of the molecule is CN(Cc1ccccn1)Cc1cc2cc(Cl)c3c(c2o1)C1(CCCCC1)NC(=O)N3. The van der Waals surface area contributed by atoms with Crippen LogP contribution in [0.3, 0.4) is 0 Å². The molecule has 0 atom stereocenters. The molecule has 2 aromatic heterocycles. The molecule has 0 radical (unpaired) electrons. The molecule has 1 aromatic carbocycles. The van der Waals surface area contributed by atoms with E-state index in [1.807, 2.05) is 30.5 Å². The second-order valence-electron chi connectivity index (χ2n) is 8.45. The van der Waals surface area contributed by atoms with Crippen LogP contribution in [0.2, 0.25) is 5.02 Å². The highest BCUT2D eigenvalue weighted by Gasteiger charge is 2.43. The molecule has 2 aliphatic rings. The van der Waals surface area contributed by atoms with Crippen molar-refractivity contribution in [3.05, 3.63) is 58.6 Å². The molecule has 30 heavy (non-hydrogen) atoms. The van der Waals surface area contributed by atoms with Crippen molar-refractivity contribution in [2.75, 3.05) is 12.4 Å². The second kappa shape index (κ2) is 7.60. The van der Waals surface area contributed by atoms with Crippen LogP contribution in [0, 0.1) is 0 Å². The van der Waals surface area contributed by atoms with Crippen molar-refractivity contribution in [1.29, 1.82) is 0 Å². The zero-order valence-corrected chi connectivity index (χ0v) is 17.8. The van der Waals surface area contributed by atoms with Crippen LogP contribution in [0.25, 0.3) is 11.0 Å². The second-order valence-corrected chi connectivity index (χ2v) is 8.86. The molecular weight excluding hydrogens is 400 g/mol. The van der Waals surface area contributed by atoms with Crippen LogP contribution in [0.15, 0.2) is 40.9 Å². The number of aromatic nitrogens is 1. The fourth-order valence-corrected chi connectivity index (χ4v) is 5.16. The summed E-state index contributed by atoms with van der Waals surface area (Å²) in [5, 5.41) is 7.65. The summed E-state index contributed by atoms with van der Waals surface area (Å²) in [7, 11) is 2.05. The number of benzene rings is 1. The van der Waals surface area contributed by atoms with E-state index in [4.69, 9.17) is 16.0 Å². The minimum atomic E-state index is -0.409. The zero-order valence-electron chi connectivity index (χ0n) is 17.0. The summed E-state index contributed by atoms with van der Waals surface area (Å²) in [5.74, 6) is 0.871. The van der Waals surface area contributed by atoms with Crippen LogP contribution in [0.5, 0.6) is 0 Å². The number of halogens is 1. The van der Waals surface area contributed by atoms with Gasteiger partial charge in [0.1, 0.15) is 11.3 Å². The first-order valence-corrected chi connectivity index (χ1v) is 10.8. The third-order valence-corrected chi connectivity index (χ3v) is 6.47. The Balaban J connectivity index is 1.52. The van der Waals surface area contributed by atoms with Gasteiger partial charge < -0.3 is 15.1 Å². The number of anilines is 1. The van der Waals surface area contributed by atoms with Gasteiger partial charge in [0, 0.05) is 23.7 Å². The Bertz CT molecular complexity index is 1090. The number of hydrogen-bond acceptors (Lipinski definition) is 4. The van der Waals surface area contributed by atoms with Crippen LogP contribution >= 0.6 is 11.6 Å². The predicted molar refractivity (Wildman–Crippen MR) is 118 cm³/mol. The van der Waals surface area contributed by atoms with Crippen molar-refractivity contribution >= 4 is 34.3 Å². The first kappa shape index (κ1) is 19.4. The summed E-state index contributed by atoms with van der Waals surface area (Å²) < 4.78 is 6.38. The standard InChI is InChI=1S/C23H25ClN4O2/c1-28(13-16-7-3-6-10-25-16)14-17-11-15-12-18(24)20-19(21(15)30-17)23(27-22(29)26-20)8-4-2-5-9-23/h3,6-7,10-12H,2,4-5,8-9,13-14H2,1H3,(H2,26,27,29). The van der Waals surface area contributed by atoms with Gasteiger partial charge in [-0.2, -0.15) is 0 Å². The molecule has 6 nitrogen and oxygen atoms in total. The number of fused-ring (bicyclic) bond motifs is 4. The number of amides is 2. The summed E-state index contributed by atoms with van der Waals surface area (Å²) in [6, 6.07) is 9.70. The van der Waals surface area contributed by atoms with Crippen molar-refractivity contribution in [3.63, 3.8) is 0 Å². The third-order valence-electron chi connectivity index (χ3n) is 6.17. The summed E-state index contributed by atoms with van der Waals surface area (Å²) in [6.45, 7) is 1.39. The lowest BCUT2D eigenvalue weighted by atomic mass is 9.74. The molecule has 2 N–H and O–H groups in total. The number of hydrogen-bond donors (Lipinski definition) is 2. The number of rotatable bonds is 4. The average molecular weight is 425 g/mol. The fraction of sp³-hybridized carbons (Fsp3) is 0.391. The van der Waals surface area contributed by atoms with Crippen molar-refractivity contribution in [3.8, 4) is 0 Å². The fourth-order valence-electron chi connectivity index (χ4n) is 4.90. The van der Waals surface area contributed by atoms with Crippen LogP contribution in [0.4, 0.5) is 10.5 Å². The van der Waals surface area contributed by atoms with Crippen molar-refractivity contribution in [2.45, 2.75) is 50.7 Å². The van der Waals surface area contributed by atoms with E-state index in [0.29, 0.717) is 17.3 Å². The minimum absolute atomic E-state index is 0.187. The Morgan fingerprint density at radius 1 is 1.20 bits per heavy atom. The first-order chi connectivity index (χ1) is 14.5. The van der Waals surface area contributed by atoms with E-state index in [9.17, 15) is 4.79 Å². The molecule has 3 aromatic rings. The Kier molecular flexibility index (Phi) is 4.91. The molecule has 1 aliphatic carbocycles. The maximum atomic E-state index is 12.4. The quantitative estimate of drug-likeness (QED) is 0.587. The number of furan rings is 1. The average Bonchev–Trinajstić information content (AvgIpc) is 3.10. The van der Waals surface area contributed by atoms with Crippen LogP contribution in [0.1, 0.15) is 49.1 Å². The highest BCUT2D eigenvalue weighted by molar-refractivity contribution is 6.35. The van der Waals surface area contributed by atoms with E-state index in [0.717, 1.165) is 60.2 Å². The Morgan fingerprint density at radius 2 is 2.03 bits per heavy atom. The van der Waals surface area contributed by atoms with E-state index < -0.39 is 5.54 Å². The summed E-state index contributed by atoms with van der Waals surface area (Å²) in [5.41, 5.74) is 3.13. The highest BCUT2D eigenvalue weighted by atomic mass is 35.5. The third kappa shape index (κ3) is 3.44. The lowest BCUT2D eigenvalue weighted by Crippen LogP contribution is -2.52. The van der Waals surface area contributed by atoms with Gasteiger partial charge in [0.15, 0.2) is 0 Å². The lowest BCUT2D eigenvalue weighted by molar-refractivity contribution is 0.208. The lowest BCUT2D eigenvalue weighted by Gasteiger charge is -2.42. The zero-order chi connectivity index (χ0) is 20.7. The van der Waals surface area contributed by atoms with E-state index in [1.54, 1.807) is 0 Å². The number of urea groups is 1. The molecule has 3 heterocycles. The van der Waals surface area contributed by atoms with Gasteiger partial charge in [0.05, 0.1) is 28.5 Å². The maximum Gasteiger partial charge on any atom is 0.319 e. The Hall–Kier alpha value is -2.57. The molecule has 5 rings (SSSR count). The Labute approximate surface area is 180 Å². The number of nitrogens with one attached hydrogen (secondary N) is 2. The van der Waals surface area contributed by atoms with Crippen molar-refractivity contribution in [2.24, 2.45) is 0 Å². The number of nitrogens with zero attached hydrogens (tertiary/aromatic N) is 2. The maximum absolute atomic E-state index is 12.4. The van der Waals surface area contributed by atoms with Gasteiger partial charge in [-0.3, -0.25) is 9.88 Å². The van der Waals surface area contributed by atoms with E-state index >= 15 is 0 Å². The van der Waals surface area contributed by atoms with Crippen molar-refractivity contribution < 1.29 is 9.21 Å². The monoisotopic (exact) mass is 424 g/mol. The van der Waals surface area contributed by atoms with Gasteiger partial charge in [0.25, 0.3) is 0 Å². The van der Waals surface area contributed by atoms with Gasteiger partial charge in [-0.15, -0.1) is 0 Å². The van der Waals surface area contributed by atoms with Crippen LogP contribution in [-0.2, 0) is 18.6 Å². The van der Waals surface area contributed by atoms with Gasteiger partial charge in [-0.1, -0.05) is 36.9 Å². The normalized spacial score (nSPS) is 17.8. The van der Waals surface area contributed by atoms with Crippen LogP contribution in [-0.4, -0.2) is 23.0 Å². The van der Waals surface area contributed by atoms with Gasteiger partial charge in [-0.05, 0) is 44.2 Å². The molecule has 0 bridgehead atoms. The smallest absolute Gasteiger partial charge is 0.319 e. The molecule has 156 valence electrons. The molecule has 1 fully saturated rings. The van der Waals surface area contributed by atoms with E-state index in [2.05, 4.69) is 33.6 Å². The first-order valence-electron chi connectivity index (χ1n) is 10.5. The molecule has 1 spiro atoms. The van der Waals surface area contributed by atoms with Crippen molar-refractivity contribution in [1.82, 2.24) is 15.2 Å². The number of carbonyl (C=O) groups excluding carboxylic acids is 1. The number of carbonyl (C=O) groups is 1. The number of pyridine rings is 1. The molecule has 0 unspecified atom stereocenters. The van der Waals surface area contributed by atoms with E-state index in [-0.39, 0.29) is 6.03 Å². The highest BCUT2D eigenvalue weighted by Crippen LogP contribution is 2.49. The van der Waals surface area contributed by atoms with Crippen LogP contribution < -0.4 is 10.6 Å². The largest absolute Gasteiger partial charge is 0.459 e. The Morgan fingerprint density at radius 3 is 2.80 bits per heavy atom. The summed E-state index contributed by atoms with van der Waals surface area (Å²) >= 11 is 6.61.